The summed E-state index contributed by atoms with van der Waals surface area (Å²) >= 11 is 0. The molecule has 0 spiro atoms. The van der Waals surface area contributed by atoms with Crippen LogP contribution < -0.4 is 0 Å². The zero-order chi connectivity index (χ0) is 16.8. The summed E-state index contributed by atoms with van der Waals surface area (Å²) < 4.78 is 1.95. The van der Waals surface area contributed by atoms with Gasteiger partial charge in [-0.25, -0.2) is 0 Å². The van der Waals surface area contributed by atoms with Gasteiger partial charge in [-0.3, -0.25) is 14.4 Å². The Balaban J connectivity index is 1.54. The van der Waals surface area contributed by atoms with E-state index in [1.165, 1.54) is 38.8 Å². The number of amides is 1. The number of carbonyl (C=O) groups is 1. The van der Waals surface area contributed by atoms with Gasteiger partial charge in [0.1, 0.15) is 0 Å². The van der Waals surface area contributed by atoms with Crippen molar-refractivity contribution in [3.63, 3.8) is 0 Å². The van der Waals surface area contributed by atoms with Crippen LogP contribution in [0.25, 0.3) is 0 Å². The van der Waals surface area contributed by atoms with Crippen molar-refractivity contribution >= 4 is 5.91 Å². The van der Waals surface area contributed by atoms with Gasteiger partial charge in [-0.1, -0.05) is 0 Å². The summed E-state index contributed by atoms with van der Waals surface area (Å²) in [5.41, 5.74) is 2.74. The number of hydrogen-bond donors (Lipinski definition) is 0. The highest BCUT2D eigenvalue weighted by atomic mass is 16.2. The summed E-state index contributed by atoms with van der Waals surface area (Å²) in [6.45, 7) is 11.2. The molecular weight excluding hydrogens is 300 g/mol. The maximum Gasteiger partial charge on any atom is 0.257 e. The Hall–Kier alpha value is -1.36. The summed E-state index contributed by atoms with van der Waals surface area (Å²) in [7, 11) is 0. The molecule has 0 aromatic carbocycles. The van der Waals surface area contributed by atoms with Gasteiger partial charge in [0, 0.05) is 44.5 Å². The zero-order valence-electron chi connectivity index (χ0n) is 15.3. The molecule has 1 aromatic heterocycles. The van der Waals surface area contributed by atoms with Gasteiger partial charge in [0.05, 0.1) is 11.3 Å². The molecule has 3 saturated heterocycles. The lowest BCUT2D eigenvalue weighted by Gasteiger charge is -2.36. The van der Waals surface area contributed by atoms with Crippen LogP contribution in [0.4, 0.5) is 0 Å². The molecule has 1 aliphatic carbocycles. The van der Waals surface area contributed by atoms with Gasteiger partial charge in [0.2, 0.25) is 0 Å². The zero-order valence-corrected chi connectivity index (χ0v) is 15.3. The predicted octanol–water partition coefficient (Wildman–Crippen LogP) is 2.47. The van der Waals surface area contributed by atoms with Crippen LogP contribution in [0, 0.1) is 25.7 Å². The number of carbonyl (C=O) groups excluding carboxylic acids is 1. The Morgan fingerprint density at radius 3 is 2.58 bits per heavy atom. The molecule has 4 heterocycles. The third kappa shape index (κ3) is 2.87. The quantitative estimate of drug-likeness (QED) is 0.851. The van der Waals surface area contributed by atoms with Gasteiger partial charge in [-0.2, -0.15) is 5.10 Å². The van der Waals surface area contributed by atoms with Crippen LogP contribution in [0.2, 0.25) is 0 Å². The molecule has 0 unspecified atom stereocenters. The molecule has 0 radical (unpaired) electrons. The number of piperidine rings is 1. The van der Waals surface area contributed by atoms with Crippen molar-refractivity contribution in [3.05, 3.63) is 17.0 Å². The molecule has 5 nitrogen and oxygen atoms in total. The maximum absolute atomic E-state index is 13.2. The lowest BCUT2D eigenvalue weighted by molar-refractivity contribution is 0.0735. The average molecular weight is 330 g/mol. The Kier molecular flexibility index (Phi) is 4.15. The van der Waals surface area contributed by atoms with Gasteiger partial charge in [0.15, 0.2) is 0 Å². The first-order valence-electron chi connectivity index (χ1n) is 9.64. The van der Waals surface area contributed by atoms with Gasteiger partial charge in [-0.05, 0) is 58.3 Å². The van der Waals surface area contributed by atoms with E-state index in [1.807, 2.05) is 18.5 Å². The molecule has 4 fully saturated rings. The molecule has 132 valence electrons. The Morgan fingerprint density at radius 2 is 1.92 bits per heavy atom. The molecule has 2 atom stereocenters. The van der Waals surface area contributed by atoms with Crippen molar-refractivity contribution < 1.29 is 4.79 Å². The van der Waals surface area contributed by atoms with Crippen LogP contribution in [0.3, 0.4) is 0 Å². The van der Waals surface area contributed by atoms with E-state index in [0.717, 1.165) is 42.5 Å². The third-order valence-corrected chi connectivity index (χ3v) is 6.20. The molecule has 3 aliphatic heterocycles. The van der Waals surface area contributed by atoms with E-state index in [2.05, 4.69) is 21.8 Å². The first-order chi connectivity index (χ1) is 11.6. The standard InChI is InChI=1S/C19H30N4O/c1-4-23-14(3)18(13(2)20-23)19(24)22-11-16-7-8-17(12-22)21(10-16)9-15-5-6-15/h15-17H,4-12H2,1-3H3/t16-,17-/m1/s1. The third-order valence-electron chi connectivity index (χ3n) is 6.20. The first kappa shape index (κ1) is 16.1. The monoisotopic (exact) mass is 330 g/mol. The number of fused-ring (bicyclic) bond motifs is 4. The summed E-state index contributed by atoms with van der Waals surface area (Å²) in [5, 5.41) is 4.54. The summed E-state index contributed by atoms with van der Waals surface area (Å²) in [5.74, 6) is 1.78. The molecule has 4 aliphatic rings. The lowest BCUT2D eigenvalue weighted by atomic mass is 9.95. The number of hydrogen-bond acceptors (Lipinski definition) is 3. The fraction of sp³-hybridized carbons (Fsp3) is 0.789. The first-order valence-corrected chi connectivity index (χ1v) is 9.64. The topological polar surface area (TPSA) is 41.4 Å². The van der Waals surface area contributed by atoms with Crippen molar-refractivity contribution in [2.24, 2.45) is 11.8 Å². The molecular formula is C19H30N4O. The Bertz CT molecular complexity index is 634. The number of aryl methyl sites for hydroxylation is 2. The summed E-state index contributed by atoms with van der Waals surface area (Å²) in [4.78, 5) is 18.1. The SMILES string of the molecule is CCn1nc(C)c(C(=O)N2C[C@@H]3CC[C@H](C2)N(CC2CC2)C3)c1C. The molecule has 1 amide bonds. The van der Waals surface area contributed by atoms with Crippen molar-refractivity contribution in [2.75, 3.05) is 26.2 Å². The molecule has 1 saturated carbocycles. The second-order valence-corrected chi connectivity index (χ2v) is 8.07. The Labute approximate surface area is 145 Å². The highest BCUT2D eigenvalue weighted by molar-refractivity contribution is 5.96. The molecule has 1 aromatic rings. The van der Waals surface area contributed by atoms with E-state index in [9.17, 15) is 4.79 Å². The normalized spacial score (nSPS) is 27.5. The van der Waals surface area contributed by atoms with Gasteiger partial charge >= 0.3 is 0 Å². The van der Waals surface area contributed by atoms with E-state index in [0.29, 0.717) is 12.0 Å². The van der Waals surface area contributed by atoms with Crippen molar-refractivity contribution in [3.8, 4) is 0 Å². The number of aromatic nitrogens is 2. The van der Waals surface area contributed by atoms with Crippen molar-refractivity contribution in [1.82, 2.24) is 19.6 Å². The molecule has 2 bridgehead atoms. The molecule has 24 heavy (non-hydrogen) atoms. The van der Waals surface area contributed by atoms with Crippen LogP contribution >= 0.6 is 0 Å². The van der Waals surface area contributed by atoms with Crippen LogP contribution in [-0.4, -0.2) is 57.7 Å². The van der Waals surface area contributed by atoms with E-state index in [1.54, 1.807) is 0 Å². The lowest BCUT2D eigenvalue weighted by Crippen LogP contribution is -2.45. The maximum atomic E-state index is 13.2. The molecule has 5 heteroatoms. The minimum atomic E-state index is 0.204. The second-order valence-electron chi connectivity index (χ2n) is 8.07. The smallest absolute Gasteiger partial charge is 0.257 e. The summed E-state index contributed by atoms with van der Waals surface area (Å²) in [6.07, 6.45) is 5.35. The van der Waals surface area contributed by atoms with Gasteiger partial charge in [0.25, 0.3) is 5.91 Å². The van der Waals surface area contributed by atoms with Crippen molar-refractivity contribution in [1.29, 1.82) is 0 Å². The number of nitrogens with zero attached hydrogens (tertiary/aromatic N) is 4. The average Bonchev–Trinajstić information content (AvgIpc) is 3.36. The van der Waals surface area contributed by atoms with Gasteiger partial charge in [-0.15, -0.1) is 0 Å². The highest BCUT2D eigenvalue weighted by Gasteiger charge is 2.39. The van der Waals surface area contributed by atoms with E-state index in [-0.39, 0.29) is 5.91 Å². The van der Waals surface area contributed by atoms with Crippen molar-refractivity contribution in [2.45, 2.75) is 59.0 Å². The predicted molar refractivity (Wildman–Crippen MR) is 94.1 cm³/mol. The van der Waals surface area contributed by atoms with E-state index in [4.69, 9.17) is 0 Å². The highest BCUT2D eigenvalue weighted by Crippen LogP contribution is 2.35. The van der Waals surface area contributed by atoms with E-state index >= 15 is 0 Å². The second kappa shape index (κ2) is 6.17. The molecule has 5 rings (SSSR count). The van der Waals surface area contributed by atoms with Crippen LogP contribution in [0.1, 0.15) is 54.4 Å². The Morgan fingerprint density at radius 1 is 1.12 bits per heavy atom. The van der Waals surface area contributed by atoms with Crippen LogP contribution in [-0.2, 0) is 6.54 Å². The van der Waals surface area contributed by atoms with E-state index < -0.39 is 0 Å². The fourth-order valence-corrected chi connectivity index (χ4v) is 4.67. The minimum Gasteiger partial charge on any atom is -0.337 e. The summed E-state index contributed by atoms with van der Waals surface area (Å²) in [6, 6.07) is 0.565. The number of rotatable bonds is 4. The molecule has 0 N–H and O–H groups in total. The largest absolute Gasteiger partial charge is 0.337 e. The van der Waals surface area contributed by atoms with Gasteiger partial charge < -0.3 is 4.90 Å². The minimum absolute atomic E-state index is 0.204. The van der Waals surface area contributed by atoms with Crippen LogP contribution in [0.5, 0.6) is 0 Å². The van der Waals surface area contributed by atoms with Crippen LogP contribution in [0.15, 0.2) is 0 Å². The fourth-order valence-electron chi connectivity index (χ4n) is 4.67.